The van der Waals surface area contributed by atoms with Crippen molar-refractivity contribution >= 4 is 17.2 Å². The second kappa shape index (κ2) is 6.97. The summed E-state index contributed by atoms with van der Waals surface area (Å²) in [6.07, 6.45) is -0.818. The van der Waals surface area contributed by atoms with Crippen molar-refractivity contribution in [2.24, 2.45) is 0 Å². The molecule has 0 aliphatic heterocycles. The van der Waals surface area contributed by atoms with Gasteiger partial charge in [-0.25, -0.2) is 4.68 Å². The number of aliphatic hydroxyl groups is 1. The number of nitrogens with one attached hydrogen (secondary N) is 1. The van der Waals surface area contributed by atoms with Crippen molar-refractivity contribution < 1.29 is 18.7 Å². The van der Waals surface area contributed by atoms with Gasteiger partial charge in [0, 0.05) is 17.8 Å². The van der Waals surface area contributed by atoms with Crippen molar-refractivity contribution in [1.29, 1.82) is 0 Å². The summed E-state index contributed by atoms with van der Waals surface area (Å²) in [5.74, 6) is -0.339. The summed E-state index contributed by atoms with van der Waals surface area (Å²) in [5.41, 5.74) is 1.92. The van der Waals surface area contributed by atoms with Crippen LogP contribution in [0.4, 0.5) is 8.78 Å². The van der Waals surface area contributed by atoms with Crippen LogP contribution in [0.25, 0.3) is 0 Å². The van der Waals surface area contributed by atoms with E-state index >= 15 is 0 Å². The minimum absolute atomic E-state index is 0.0409. The first-order valence-electron chi connectivity index (χ1n) is 6.69. The standard InChI is InChI=1S/C14H17F2N3O2S/c1-8-11(9(2)19(18-8)14(15)16)5-13(21)17-6-12(20)10-3-4-22-7-10/h3-4,7,12,14,20H,5-6H2,1-2H3,(H,17,21). The number of carbonyl (C=O) groups is 1. The van der Waals surface area contributed by atoms with Crippen molar-refractivity contribution in [3.8, 4) is 0 Å². The van der Waals surface area contributed by atoms with Gasteiger partial charge in [0.2, 0.25) is 5.91 Å². The van der Waals surface area contributed by atoms with Gasteiger partial charge in [-0.1, -0.05) is 0 Å². The number of aromatic nitrogens is 2. The lowest BCUT2D eigenvalue weighted by molar-refractivity contribution is -0.120. The van der Waals surface area contributed by atoms with E-state index in [0.29, 0.717) is 15.9 Å². The average Bonchev–Trinajstić information content (AvgIpc) is 3.08. The molecule has 0 aromatic carbocycles. The maximum Gasteiger partial charge on any atom is 0.333 e. The molecular weight excluding hydrogens is 312 g/mol. The van der Waals surface area contributed by atoms with Crippen LogP contribution >= 0.6 is 11.3 Å². The van der Waals surface area contributed by atoms with E-state index < -0.39 is 12.7 Å². The van der Waals surface area contributed by atoms with E-state index in [1.54, 1.807) is 18.4 Å². The molecule has 0 fully saturated rings. The molecule has 0 aliphatic rings. The van der Waals surface area contributed by atoms with E-state index in [4.69, 9.17) is 0 Å². The molecule has 22 heavy (non-hydrogen) atoms. The molecule has 0 saturated carbocycles. The van der Waals surface area contributed by atoms with Crippen molar-refractivity contribution in [2.45, 2.75) is 32.9 Å². The van der Waals surface area contributed by atoms with Crippen molar-refractivity contribution in [2.75, 3.05) is 6.54 Å². The van der Waals surface area contributed by atoms with Crippen LogP contribution < -0.4 is 5.32 Å². The number of hydrogen-bond donors (Lipinski definition) is 2. The third kappa shape index (κ3) is 3.69. The molecular formula is C14H17F2N3O2S. The Morgan fingerprint density at radius 1 is 1.50 bits per heavy atom. The molecule has 1 unspecified atom stereocenters. The number of hydrogen-bond acceptors (Lipinski definition) is 4. The number of rotatable bonds is 6. The van der Waals surface area contributed by atoms with Gasteiger partial charge in [-0.05, 0) is 36.2 Å². The molecule has 120 valence electrons. The fraction of sp³-hybridized carbons (Fsp3) is 0.429. The molecule has 0 saturated heterocycles. The van der Waals surface area contributed by atoms with Gasteiger partial charge in [0.1, 0.15) is 0 Å². The molecule has 2 rings (SSSR count). The molecule has 1 atom stereocenters. The molecule has 1 amide bonds. The zero-order valence-corrected chi connectivity index (χ0v) is 13.0. The van der Waals surface area contributed by atoms with E-state index in [9.17, 15) is 18.7 Å². The highest BCUT2D eigenvalue weighted by Crippen LogP contribution is 2.20. The van der Waals surface area contributed by atoms with Crippen LogP contribution in [0.1, 0.15) is 35.2 Å². The molecule has 8 heteroatoms. The average molecular weight is 329 g/mol. The van der Waals surface area contributed by atoms with E-state index in [1.807, 2.05) is 5.38 Å². The fourth-order valence-electron chi connectivity index (χ4n) is 2.16. The van der Waals surface area contributed by atoms with Crippen LogP contribution in [0, 0.1) is 13.8 Å². The number of aryl methyl sites for hydroxylation is 1. The van der Waals surface area contributed by atoms with Gasteiger partial charge in [-0.3, -0.25) is 4.79 Å². The number of carbonyl (C=O) groups excluding carboxylic acids is 1. The molecule has 5 nitrogen and oxygen atoms in total. The predicted molar refractivity (Wildman–Crippen MR) is 78.9 cm³/mol. The van der Waals surface area contributed by atoms with Gasteiger partial charge in [0.25, 0.3) is 0 Å². The molecule has 2 N–H and O–H groups in total. The van der Waals surface area contributed by atoms with Crippen LogP contribution in [-0.4, -0.2) is 27.3 Å². The van der Waals surface area contributed by atoms with Crippen LogP contribution in [0.15, 0.2) is 16.8 Å². The second-order valence-corrected chi connectivity index (χ2v) is 5.70. The summed E-state index contributed by atoms with van der Waals surface area (Å²) >= 11 is 1.46. The quantitative estimate of drug-likeness (QED) is 0.855. The molecule has 2 aromatic rings. The first-order chi connectivity index (χ1) is 10.4. The number of thiophene rings is 1. The lowest BCUT2D eigenvalue weighted by atomic mass is 10.1. The highest BCUT2D eigenvalue weighted by Gasteiger charge is 2.19. The maximum absolute atomic E-state index is 12.7. The number of amides is 1. The molecule has 2 heterocycles. The van der Waals surface area contributed by atoms with Crippen LogP contribution in [-0.2, 0) is 11.2 Å². The third-order valence-electron chi connectivity index (χ3n) is 3.42. The monoisotopic (exact) mass is 329 g/mol. The Kier molecular flexibility index (Phi) is 5.25. The fourth-order valence-corrected chi connectivity index (χ4v) is 2.87. The minimum Gasteiger partial charge on any atom is -0.387 e. The number of alkyl halides is 2. The summed E-state index contributed by atoms with van der Waals surface area (Å²) in [7, 11) is 0. The summed E-state index contributed by atoms with van der Waals surface area (Å²) in [5, 5.41) is 19.9. The number of aliphatic hydroxyl groups excluding tert-OH is 1. The molecule has 2 aromatic heterocycles. The number of nitrogens with zero attached hydrogens (tertiary/aromatic N) is 2. The summed E-state index contributed by atoms with van der Waals surface area (Å²) in [4.78, 5) is 11.9. The predicted octanol–water partition coefficient (Wildman–Crippen LogP) is 2.35. The number of halogens is 2. The summed E-state index contributed by atoms with van der Waals surface area (Å²) in [6, 6.07) is 1.78. The Morgan fingerprint density at radius 3 is 2.77 bits per heavy atom. The lowest BCUT2D eigenvalue weighted by Gasteiger charge is -2.11. The Balaban J connectivity index is 1.95. The van der Waals surface area contributed by atoms with E-state index in [1.165, 1.54) is 18.3 Å². The van der Waals surface area contributed by atoms with Crippen LogP contribution in [0.5, 0.6) is 0 Å². The highest BCUT2D eigenvalue weighted by molar-refractivity contribution is 7.07. The van der Waals surface area contributed by atoms with Crippen molar-refractivity contribution in [3.05, 3.63) is 39.3 Å². The van der Waals surface area contributed by atoms with Crippen LogP contribution in [0.3, 0.4) is 0 Å². The zero-order valence-electron chi connectivity index (χ0n) is 12.2. The first kappa shape index (κ1) is 16.6. The molecule has 0 spiro atoms. The van der Waals surface area contributed by atoms with Crippen molar-refractivity contribution in [3.63, 3.8) is 0 Å². The van der Waals surface area contributed by atoms with Crippen LogP contribution in [0.2, 0.25) is 0 Å². The smallest absolute Gasteiger partial charge is 0.333 e. The Morgan fingerprint density at radius 2 is 2.23 bits per heavy atom. The lowest BCUT2D eigenvalue weighted by Crippen LogP contribution is -2.29. The summed E-state index contributed by atoms with van der Waals surface area (Å²) in [6.45, 7) is 0.455. The second-order valence-electron chi connectivity index (χ2n) is 4.92. The molecule has 0 bridgehead atoms. The van der Waals surface area contributed by atoms with E-state index in [-0.39, 0.29) is 24.6 Å². The Bertz CT molecular complexity index is 641. The van der Waals surface area contributed by atoms with Gasteiger partial charge in [0.05, 0.1) is 18.2 Å². The highest BCUT2D eigenvalue weighted by atomic mass is 32.1. The van der Waals surface area contributed by atoms with Gasteiger partial charge >= 0.3 is 6.55 Å². The maximum atomic E-state index is 12.7. The molecule has 0 radical (unpaired) electrons. The first-order valence-corrected chi connectivity index (χ1v) is 7.64. The van der Waals surface area contributed by atoms with E-state index in [0.717, 1.165) is 5.56 Å². The topological polar surface area (TPSA) is 67.2 Å². The normalized spacial score (nSPS) is 12.6. The Labute approximate surface area is 130 Å². The SMILES string of the molecule is Cc1nn(C(F)F)c(C)c1CC(=O)NCC(O)c1ccsc1. The van der Waals surface area contributed by atoms with Gasteiger partial charge < -0.3 is 10.4 Å². The largest absolute Gasteiger partial charge is 0.387 e. The van der Waals surface area contributed by atoms with Gasteiger partial charge in [0.15, 0.2) is 0 Å². The van der Waals surface area contributed by atoms with E-state index in [2.05, 4.69) is 10.4 Å². The van der Waals surface area contributed by atoms with Crippen molar-refractivity contribution in [1.82, 2.24) is 15.1 Å². The minimum atomic E-state index is -2.73. The van der Waals surface area contributed by atoms with Gasteiger partial charge in [-0.15, -0.1) is 0 Å². The Hall–Kier alpha value is -1.80. The zero-order chi connectivity index (χ0) is 16.3. The van der Waals surface area contributed by atoms with Gasteiger partial charge in [-0.2, -0.15) is 25.2 Å². The summed E-state index contributed by atoms with van der Waals surface area (Å²) < 4.78 is 26.1. The molecule has 0 aliphatic carbocycles. The third-order valence-corrected chi connectivity index (χ3v) is 4.12.